The van der Waals surface area contributed by atoms with Gasteiger partial charge in [-0.3, -0.25) is 9.59 Å². The van der Waals surface area contributed by atoms with Crippen LogP contribution in [-0.4, -0.2) is 30.1 Å². The lowest BCUT2D eigenvalue weighted by molar-refractivity contribution is -0.120. The van der Waals surface area contributed by atoms with Crippen LogP contribution in [0.3, 0.4) is 0 Å². The fourth-order valence-corrected chi connectivity index (χ4v) is 5.07. The minimum absolute atomic E-state index is 0.0250. The maximum atomic E-state index is 13.0. The van der Waals surface area contributed by atoms with E-state index in [1.807, 2.05) is 0 Å². The molecule has 0 aromatic carbocycles. The topological polar surface area (TPSA) is 98.1 Å². The molecule has 0 unspecified atom stereocenters. The highest BCUT2D eigenvalue weighted by atomic mass is 32.2. The smallest absolute Gasteiger partial charge is 0.252 e. The number of rotatable bonds is 6. The number of anilines is 1. The second-order valence-electron chi connectivity index (χ2n) is 7.39. The van der Waals surface area contributed by atoms with Crippen LogP contribution in [0, 0.1) is 12.8 Å². The Bertz CT molecular complexity index is 991. The Hall–Kier alpha value is -2.00. The summed E-state index contributed by atoms with van der Waals surface area (Å²) in [4.78, 5) is 29.9. The van der Waals surface area contributed by atoms with Gasteiger partial charge in [-0.15, -0.1) is 11.3 Å². The predicted octanol–water partition coefficient (Wildman–Crippen LogP) is 3.17. The van der Waals surface area contributed by atoms with Crippen LogP contribution in [0.2, 0.25) is 0 Å². The maximum absolute atomic E-state index is 13.0. The van der Waals surface area contributed by atoms with Crippen molar-refractivity contribution in [3.05, 3.63) is 39.8 Å². The zero-order chi connectivity index (χ0) is 20.3. The van der Waals surface area contributed by atoms with Crippen LogP contribution >= 0.6 is 11.3 Å². The molecule has 2 aromatic rings. The van der Waals surface area contributed by atoms with E-state index in [1.54, 1.807) is 18.5 Å². The van der Waals surface area contributed by atoms with Crippen LogP contribution < -0.4 is 10.9 Å². The highest BCUT2D eigenvalue weighted by Crippen LogP contribution is 2.32. The minimum atomic E-state index is -3.50. The van der Waals surface area contributed by atoms with Gasteiger partial charge in [0.05, 0.1) is 4.90 Å². The third kappa shape index (κ3) is 4.88. The molecule has 28 heavy (non-hydrogen) atoms. The van der Waals surface area contributed by atoms with E-state index in [0.29, 0.717) is 23.2 Å². The minimum Gasteiger partial charge on any atom is -0.300 e. The lowest BCUT2D eigenvalue weighted by Crippen LogP contribution is -2.36. The average molecular weight is 424 g/mol. The summed E-state index contributed by atoms with van der Waals surface area (Å²) in [5.41, 5.74) is -0.0152. The highest BCUT2D eigenvalue weighted by molar-refractivity contribution is 7.90. The lowest BCUT2D eigenvalue weighted by Gasteiger charge is -2.28. The first-order chi connectivity index (χ1) is 13.3. The molecule has 7 nitrogen and oxygen atoms in total. The van der Waals surface area contributed by atoms with Gasteiger partial charge >= 0.3 is 0 Å². The largest absolute Gasteiger partial charge is 0.300 e. The summed E-state index contributed by atoms with van der Waals surface area (Å²) >= 11 is 1.31. The van der Waals surface area contributed by atoms with E-state index in [-0.39, 0.29) is 10.8 Å². The van der Waals surface area contributed by atoms with Crippen molar-refractivity contribution in [2.45, 2.75) is 56.4 Å². The zero-order valence-electron chi connectivity index (χ0n) is 16.1. The molecule has 0 radical (unpaired) electrons. The van der Waals surface area contributed by atoms with E-state index in [2.05, 4.69) is 10.3 Å². The second-order valence-corrected chi connectivity index (χ2v) is 10.3. The molecule has 1 N–H and O–H groups in total. The van der Waals surface area contributed by atoms with Crippen LogP contribution in [0.25, 0.3) is 0 Å². The summed E-state index contributed by atoms with van der Waals surface area (Å²) in [5.74, 6) is 0.0690. The van der Waals surface area contributed by atoms with Crippen molar-refractivity contribution in [3.63, 3.8) is 0 Å². The van der Waals surface area contributed by atoms with E-state index < -0.39 is 21.4 Å². The fraction of sp³-hybridized carbons (Fsp3) is 0.526. The maximum Gasteiger partial charge on any atom is 0.252 e. The third-order valence-corrected chi connectivity index (χ3v) is 7.00. The number of aromatic nitrogens is 2. The SMILES string of the molecule is Cc1cc(S(C)(=O)=O)cc(=O)n1[C@H](CC1CCCCC1)C(=O)Nc1nccs1. The van der Waals surface area contributed by atoms with Gasteiger partial charge in [0.15, 0.2) is 15.0 Å². The normalized spacial score (nSPS) is 16.6. The summed E-state index contributed by atoms with van der Waals surface area (Å²) in [6, 6.07) is 1.86. The Balaban J connectivity index is 1.97. The number of hydrogen-bond donors (Lipinski definition) is 1. The van der Waals surface area contributed by atoms with Crippen molar-refractivity contribution >= 4 is 32.2 Å². The number of aryl methyl sites for hydroxylation is 1. The van der Waals surface area contributed by atoms with Crippen molar-refractivity contribution < 1.29 is 13.2 Å². The summed E-state index contributed by atoms with van der Waals surface area (Å²) in [7, 11) is -3.50. The molecule has 152 valence electrons. The first-order valence-corrected chi connectivity index (χ1v) is 12.2. The molecule has 9 heteroatoms. The van der Waals surface area contributed by atoms with Gasteiger partial charge in [-0.05, 0) is 25.3 Å². The summed E-state index contributed by atoms with van der Waals surface area (Å²) in [6.45, 7) is 1.67. The number of carbonyl (C=O) groups is 1. The van der Waals surface area contributed by atoms with Crippen LogP contribution in [-0.2, 0) is 14.6 Å². The number of hydrogen-bond acceptors (Lipinski definition) is 6. The van der Waals surface area contributed by atoms with Gasteiger partial charge in [0.2, 0.25) is 5.91 Å². The van der Waals surface area contributed by atoms with Crippen LogP contribution in [0.5, 0.6) is 0 Å². The zero-order valence-corrected chi connectivity index (χ0v) is 17.7. The van der Waals surface area contributed by atoms with Gasteiger partial charge in [-0.1, -0.05) is 32.1 Å². The summed E-state index contributed by atoms with van der Waals surface area (Å²) in [5, 5.41) is 5.05. The highest BCUT2D eigenvalue weighted by Gasteiger charge is 2.28. The quantitative estimate of drug-likeness (QED) is 0.769. The molecular weight excluding hydrogens is 398 g/mol. The number of sulfone groups is 1. The van der Waals surface area contributed by atoms with E-state index in [9.17, 15) is 18.0 Å². The van der Waals surface area contributed by atoms with Crippen LogP contribution in [0.1, 0.15) is 50.3 Å². The Labute approximate surface area is 168 Å². The molecule has 0 aliphatic heterocycles. The molecule has 1 atom stereocenters. The van der Waals surface area contributed by atoms with Crippen molar-refractivity contribution in [1.29, 1.82) is 0 Å². The number of pyridine rings is 1. The van der Waals surface area contributed by atoms with Crippen LogP contribution in [0.15, 0.2) is 33.4 Å². The summed E-state index contributed by atoms with van der Waals surface area (Å²) in [6.07, 6.45) is 8.77. The van der Waals surface area contributed by atoms with Gasteiger partial charge in [0, 0.05) is 29.6 Å². The molecule has 3 rings (SSSR count). The van der Waals surface area contributed by atoms with Crippen molar-refractivity contribution in [2.24, 2.45) is 5.92 Å². The van der Waals surface area contributed by atoms with Gasteiger partial charge in [-0.2, -0.15) is 0 Å². The molecule has 1 aliphatic carbocycles. The Morgan fingerprint density at radius 2 is 2.04 bits per heavy atom. The molecule has 2 heterocycles. The molecule has 1 amide bonds. The molecule has 0 spiro atoms. The fourth-order valence-electron chi connectivity index (χ4n) is 3.84. The predicted molar refractivity (Wildman–Crippen MR) is 110 cm³/mol. The lowest BCUT2D eigenvalue weighted by atomic mass is 9.84. The molecule has 1 saturated carbocycles. The number of nitrogens with zero attached hydrogens (tertiary/aromatic N) is 2. The van der Waals surface area contributed by atoms with Crippen molar-refractivity contribution in [2.75, 3.05) is 11.6 Å². The van der Waals surface area contributed by atoms with Gasteiger partial charge < -0.3 is 9.88 Å². The molecule has 2 aromatic heterocycles. The van der Waals surface area contributed by atoms with Crippen molar-refractivity contribution in [1.82, 2.24) is 9.55 Å². The van der Waals surface area contributed by atoms with E-state index >= 15 is 0 Å². The van der Waals surface area contributed by atoms with E-state index in [0.717, 1.165) is 38.0 Å². The molecule has 0 saturated heterocycles. The molecule has 1 fully saturated rings. The van der Waals surface area contributed by atoms with Gasteiger partial charge in [0.1, 0.15) is 6.04 Å². The number of amides is 1. The van der Waals surface area contributed by atoms with Gasteiger partial charge in [-0.25, -0.2) is 13.4 Å². The number of nitrogens with one attached hydrogen (secondary N) is 1. The monoisotopic (exact) mass is 423 g/mol. The second kappa shape index (κ2) is 8.57. The number of carbonyl (C=O) groups excluding carboxylic acids is 1. The molecular formula is C19H25N3O4S2. The first-order valence-electron chi connectivity index (χ1n) is 9.39. The molecule has 1 aliphatic rings. The van der Waals surface area contributed by atoms with Crippen molar-refractivity contribution in [3.8, 4) is 0 Å². The summed E-state index contributed by atoms with van der Waals surface area (Å²) < 4.78 is 25.1. The average Bonchev–Trinajstić information content (AvgIpc) is 3.13. The van der Waals surface area contributed by atoms with E-state index in [1.165, 1.54) is 28.4 Å². The third-order valence-electron chi connectivity index (χ3n) is 5.22. The number of thiazole rings is 1. The Morgan fingerprint density at radius 3 is 2.61 bits per heavy atom. The van der Waals surface area contributed by atoms with E-state index in [4.69, 9.17) is 0 Å². The Kier molecular flexibility index (Phi) is 6.34. The Morgan fingerprint density at radius 1 is 1.32 bits per heavy atom. The van der Waals surface area contributed by atoms with Gasteiger partial charge in [0.25, 0.3) is 5.56 Å². The van der Waals surface area contributed by atoms with Crippen LogP contribution in [0.4, 0.5) is 5.13 Å². The standard InChI is InChI=1S/C19H25N3O4S2/c1-13-10-15(28(2,25)26)12-17(23)22(13)16(11-14-6-4-3-5-7-14)18(24)21-19-20-8-9-27-19/h8-10,12,14,16H,3-7,11H2,1-2H3,(H,20,21,24)/t16-/m1/s1. The molecule has 0 bridgehead atoms. The first kappa shape index (κ1) is 20.7.